The van der Waals surface area contributed by atoms with E-state index in [1.807, 2.05) is 20.2 Å². The van der Waals surface area contributed by atoms with Crippen molar-refractivity contribution >= 4 is 16.9 Å². The largest absolute Gasteiger partial charge is 0.497 e. The van der Waals surface area contributed by atoms with E-state index in [9.17, 15) is 9.59 Å². The van der Waals surface area contributed by atoms with E-state index in [4.69, 9.17) is 18.6 Å². The monoisotopic (exact) mass is 452 g/mol. The normalized spacial score (nSPS) is 15.3. The third-order valence-electron chi connectivity index (χ3n) is 5.91. The molecule has 4 rings (SSSR count). The topological polar surface area (TPSA) is 81.4 Å². The fourth-order valence-electron chi connectivity index (χ4n) is 4.29. The molecule has 2 aromatic carbocycles. The van der Waals surface area contributed by atoms with E-state index >= 15 is 0 Å². The molecule has 0 radical (unpaired) electrons. The Kier molecular flexibility index (Phi) is 6.29. The fraction of sp³-hybridized carbons (Fsp3) is 0.360. The minimum Gasteiger partial charge on any atom is -0.497 e. The van der Waals surface area contributed by atoms with Gasteiger partial charge in [0.15, 0.2) is 5.43 Å². The van der Waals surface area contributed by atoms with Crippen LogP contribution >= 0.6 is 0 Å². The molecule has 1 amide bonds. The Bertz CT molecular complexity index is 1250. The fourth-order valence-corrected chi connectivity index (χ4v) is 4.29. The number of benzene rings is 2. The van der Waals surface area contributed by atoms with Gasteiger partial charge in [0.05, 0.1) is 38.3 Å². The number of amides is 1. The van der Waals surface area contributed by atoms with E-state index in [0.29, 0.717) is 45.9 Å². The molecule has 1 aliphatic heterocycles. The highest BCUT2D eigenvalue weighted by atomic mass is 16.5. The molecule has 1 unspecified atom stereocenters. The summed E-state index contributed by atoms with van der Waals surface area (Å²) in [6.45, 7) is 1.24. The van der Waals surface area contributed by atoms with Crippen LogP contribution < -0.4 is 19.6 Å². The predicted octanol–water partition coefficient (Wildman–Crippen LogP) is 3.32. The van der Waals surface area contributed by atoms with Gasteiger partial charge >= 0.3 is 0 Å². The van der Waals surface area contributed by atoms with E-state index in [2.05, 4.69) is 4.90 Å². The summed E-state index contributed by atoms with van der Waals surface area (Å²) in [5.74, 6) is 1.45. The van der Waals surface area contributed by atoms with Crippen LogP contribution in [-0.2, 0) is 0 Å². The summed E-state index contributed by atoms with van der Waals surface area (Å²) < 4.78 is 22.3. The minimum absolute atomic E-state index is 0.0560. The molecule has 3 aromatic rings. The molecule has 0 saturated carbocycles. The van der Waals surface area contributed by atoms with Crippen LogP contribution in [0, 0.1) is 0 Å². The van der Waals surface area contributed by atoms with E-state index in [-0.39, 0.29) is 17.1 Å². The maximum Gasteiger partial charge on any atom is 0.290 e. The standard InChI is InChI=1S/C25H28N2O6/c1-26(2)11-6-12-27-22(18-13-15(30-3)8-10-19(18)32-5)21-23(28)17-9-7-16(31-4)14-20(17)33-24(21)25(27)29/h7-10,13-14,22H,6,11-12H2,1-5H3. The zero-order valence-electron chi connectivity index (χ0n) is 19.5. The van der Waals surface area contributed by atoms with Crippen LogP contribution in [0.3, 0.4) is 0 Å². The van der Waals surface area contributed by atoms with Crippen molar-refractivity contribution in [2.45, 2.75) is 12.5 Å². The molecule has 8 nitrogen and oxygen atoms in total. The Morgan fingerprint density at radius 1 is 0.970 bits per heavy atom. The molecular weight excluding hydrogens is 424 g/mol. The van der Waals surface area contributed by atoms with Gasteiger partial charge in [-0.3, -0.25) is 9.59 Å². The third kappa shape index (κ3) is 4.02. The van der Waals surface area contributed by atoms with E-state index in [0.717, 1.165) is 13.0 Å². The molecule has 0 saturated heterocycles. The van der Waals surface area contributed by atoms with Crippen LogP contribution in [-0.4, -0.2) is 64.2 Å². The summed E-state index contributed by atoms with van der Waals surface area (Å²) in [4.78, 5) is 30.9. The number of hydrogen-bond acceptors (Lipinski definition) is 7. The first-order chi connectivity index (χ1) is 15.9. The second-order valence-corrected chi connectivity index (χ2v) is 8.20. The van der Waals surface area contributed by atoms with Crippen molar-refractivity contribution in [2.24, 2.45) is 0 Å². The molecule has 8 heteroatoms. The minimum atomic E-state index is -0.650. The van der Waals surface area contributed by atoms with Crippen LogP contribution in [0.25, 0.3) is 11.0 Å². The maximum atomic E-state index is 13.7. The number of methoxy groups -OCH3 is 3. The van der Waals surface area contributed by atoms with Crippen LogP contribution in [0.15, 0.2) is 45.6 Å². The van der Waals surface area contributed by atoms with E-state index < -0.39 is 6.04 Å². The van der Waals surface area contributed by atoms with Crippen molar-refractivity contribution < 1.29 is 23.4 Å². The van der Waals surface area contributed by atoms with Crippen molar-refractivity contribution in [3.63, 3.8) is 0 Å². The van der Waals surface area contributed by atoms with Crippen molar-refractivity contribution in [1.82, 2.24) is 9.80 Å². The third-order valence-corrected chi connectivity index (χ3v) is 5.91. The summed E-state index contributed by atoms with van der Waals surface area (Å²) >= 11 is 0. The summed E-state index contributed by atoms with van der Waals surface area (Å²) in [6, 6.07) is 9.72. The summed E-state index contributed by atoms with van der Waals surface area (Å²) in [6.07, 6.45) is 0.733. The molecule has 33 heavy (non-hydrogen) atoms. The van der Waals surface area contributed by atoms with Crippen molar-refractivity contribution in [2.75, 3.05) is 48.5 Å². The molecule has 1 atom stereocenters. The first-order valence-corrected chi connectivity index (χ1v) is 10.7. The van der Waals surface area contributed by atoms with Crippen molar-refractivity contribution in [3.8, 4) is 17.2 Å². The molecule has 2 heterocycles. The smallest absolute Gasteiger partial charge is 0.290 e. The number of rotatable bonds is 8. The molecule has 0 bridgehead atoms. The lowest BCUT2D eigenvalue weighted by molar-refractivity contribution is 0.0720. The maximum absolute atomic E-state index is 13.7. The SMILES string of the molecule is COc1ccc(OC)c(C2c3c(oc4cc(OC)ccc4c3=O)C(=O)N2CCCN(C)C)c1. The number of ether oxygens (including phenoxy) is 3. The number of carbonyl (C=O) groups excluding carboxylic acids is 1. The molecule has 1 aliphatic rings. The Morgan fingerprint density at radius 2 is 1.67 bits per heavy atom. The summed E-state index contributed by atoms with van der Waals surface area (Å²) in [5, 5.41) is 0.393. The van der Waals surface area contributed by atoms with Gasteiger partial charge in [-0.25, -0.2) is 0 Å². The van der Waals surface area contributed by atoms with Gasteiger partial charge in [0.2, 0.25) is 5.76 Å². The molecule has 0 fully saturated rings. The molecule has 1 aromatic heterocycles. The second kappa shape index (κ2) is 9.15. The van der Waals surface area contributed by atoms with E-state index in [1.165, 1.54) is 7.11 Å². The van der Waals surface area contributed by atoms with Gasteiger partial charge in [0.1, 0.15) is 22.8 Å². The predicted molar refractivity (Wildman–Crippen MR) is 125 cm³/mol. The molecule has 0 spiro atoms. The number of hydrogen-bond donors (Lipinski definition) is 0. The average molecular weight is 453 g/mol. The molecule has 0 N–H and O–H groups in total. The second-order valence-electron chi connectivity index (χ2n) is 8.20. The average Bonchev–Trinajstić information content (AvgIpc) is 3.09. The highest BCUT2D eigenvalue weighted by Crippen LogP contribution is 2.43. The van der Waals surface area contributed by atoms with Gasteiger partial charge in [-0.05, 0) is 57.4 Å². The zero-order valence-corrected chi connectivity index (χ0v) is 19.5. The van der Waals surface area contributed by atoms with Gasteiger partial charge in [0, 0.05) is 18.2 Å². The summed E-state index contributed by atoms with van der Waals surface area (Å²) in [5.41, 5.74) is 1.06. The van der Waals surface area contributed by atoms with Gasteiger partial charge in [-0.15, -0.1) is 0 Å². The van der Waals surface area contributed by atoms with Gasteiger partial charge in [0.25, 0.3) is 5.91 Å². The molecule has 174 valence electrons. The van der Waals surface area contributed by atoms with Crippen LogP contribution in [0.4, 0.5) is 0 Å². The Hall–Kier alpha value is -3.52. The van der Waals surface area contributed by atoms with E-state index in [1.54, 1.807) is 49.5 Å². The first-order valence-electron chi connectivity index (χ1n) is 10.7. The number of carbonyl (C=O) groups is 1. The number of fused-ring (bicyclic) bond motifs is 2. The van der Waals surface area contributed by atoms with Crippen LogP contribution in [0.2, 0.25) is 0 Å². The lowest BCUT2D eigenvalue weighted by Gasteiger charge is -2.27. The Labute approximate surface area is 192 Å². The molecule has 0 aliphatic carbocycles. The summed E-state index contributed by atoms with van der Waals surface area (Å²) in [7, 11) is 8.63. The van der Waals surface area contributed by atoms with Gasteiger partial charge in [-0.2, -0.15) is 0 Å². The zero-order chi connectivity index (χ0) is 23.7. The van der Waals surface area contributed by atoms with Crippen molar-refractivity contribution in [1.29, 1.82) is 0 Å². The lowest BCUT2D eigenvalue weighted by Crippen LogP contribution is -2.32. The van der Waals surface area contributed by atoms with Gasteiger partial charge < -0.3 is 28.4 Å². The quantitative estimate of drug-likeness (QED) is 0.519. The Morgan fingerprint density at radius 3 is 2.33 bits per heavy atom. The lowest BCUT2D eigenvalue weighted by atomic mass is 9.97. The molecular formula is C25H28N2O6. The highest BCUT2D eigenvalue weighted by molar-refractivity contribution is 5.99. The van der Waals surface area contributed by atoms with Gasteiger partial charge in [-0.1, -0.05) is 0 Å². The number of nitrogens with zero attached hydrogens (tertiary/aromatic N) is 2. The van der Waals surface area contributed by atoms with Crippen LogP contribution in [0.5, 0.6) is 17.2 Å². The first kappa shape index (κ1) is 22.7. The van der Waals surface area contributed by atoms with Crippen LogP contribution in [0.1, 0.15) is 34.1 Å². The Balaban J connectivity index is 1.94. The van der Waals surface area contributed by atoms with Crippen molar-refractivity contribution in [3.05, 3.63) is 63.5 Å². The highest BCUT2D eigenvalue weighted by Gasteiger charge is 2.43.